The molecule has 150 valence electrons. The molecule has 0 bridgehead atoms. The smallest absolute Gasteiger partial charge is 0.342 e. The van der Waals surface area contributed by atoms with E-state index in [0.717, 1.165) is 32.4 Å². The number of aliphatic hydroxyl groups excluding tert-OH is 1. The number of nitrogens with zero attached hydrogens (tertiary/aromatic N) is 1. The highest BCUT2D eigenvalue weighted by Gasteiger charge is 2.30. The van der Waals surface area contributed by atoms with E-state index < -0.39 is 12.1 Å². The molecule has 27 heavy (non-hydrogen) atoms. The second-order valence-corrected chi connectivity index (χ2v) is 7.45. The van der Waals surface area contributed by atoms with E-state index >= 15 is 0 Å². The molecule has 8 heteroatoms. The van der Waals surface area contributed by atoms with Gasteiger partial charge in [0.2, 0.25) is 0 Å². The highest BCUT2D eigenvalue weighted by atomic mass is 35.5. The van der Waals surface area contributed by atoms with Crippen LogP contribution in [0.5, 0.6) is 11.5 Å². The predicted octanol–water partition coefficient (Wildman–Crippen LogP) is 2.33. The predicted molar refractivity (Wildman–Crippen MR) is 103 cm³/mol. The van der Waals surface area contributed by atoms with Crippen molar-refractivity contribution in [1.29, 1.82) is 0 Å². The quantitative estimate of drug-likeness (QED) is 0.561. The summed E-state index contributed by atoms with van der Waals surface area (Å²) < 4.78 is 16.5. The molecule has 1 saturated heterocycles. The molecule has 0 unspecified atom stereocenters. The van der Waals surface area contributed by atoms with Gasteiger partial charge in [-0.15, -0.1) is 0 Å². The second-order valence-electron chi connectivity index (χ2n) is 7.04. The van der Waals surface area contributed by atoms with Crippen molar-refractivity contribution in [2.45, 2.75) is 32.3 Å². The van der Waals surface area contributed by atoms with Crippen LogP contribution in [0.1, 0.15) is 36.5 Å². The summed E-state index contributed by atoms with van der Waals surface area (Å²) in [5.41, 5.74) is 6.34. The number of halogens is 1. The molecule has 2 heterocycles. The number of anilines is 1. The van der Waals surface area contributed by atoms with Crippen LogP contribution in [0.25, 0.3) is 0 Å². The maximum absolute atomic E-state index is 12.6. The fourth-order valence-corrected chi connectivity index (χ4v) is 3.63. The lowest BCUT2D eigenvalue weighted by Crippen LogP contribution is -2.45. The number of rotatable bonds is 6. The Balaban J connectivity index is 1.61. The number of unbranched alkanes of at least 4 members (excludes halogenated alkanes) is 1. The van der Waals surface area contributed by atoms with Gasteiger partial charge in [0.15, 0.2) is 11.5 Å². The number of carbonyl (C=O) groups is 1. The molecule has 2 aliphatic rings. The first kappa shape index (κ1) is 20.0. The molecule has 1 aromatic rings. The van der Waals surface area contributed by atoms with E-state index in [-0.39, 0.29) is 40.3 Å². The van der Waals surface area contributed by atoms with Crippen LogP contribution >= 0.6 is 11.6 Å². The van der Waals surface area contributed by atoms with E-state index in [2.05, 4.69) is 11.8 Å². The third-order valence-corrected chi connectivity index (χ3v) is 5.39. The maximum atomic E-state index is 12.6. The molecule has 3 N–H and O–H groups in total. The number of ether oxygens (including phenoxy) is 3. The van der Waals surface area contributed by atoms with Crippen molar-refractivity contribution in [1.82, 2.24) is 4.90 Å². The van der Waals surface area contributed by atoms with E-state index in [1.54, 1.807) is 0 Å². The van der Waals surface area contributed by atoms with E-state index in [1.807, 2.05) is 0 Å². The number of benzene rings is 1. The van der Waals surface area contributed by atoms with E-state index in [9.17, 15) is 9.90 Å². The van der Waals surface area contributed by atoms with Crippen LogP contribution in [-0.2, 0) is 4.74 Å². The van der Waals surface area contributed by atoms with E-state index in [1.165, 1.54) is 6.07 Å². The van der Waals surface area contributed by atoms with Gasteiger partial charge in [0, 0.05) is 12.5 Å². The van der Waals surface area contributed by atoms with Crippen LogP contribution in [-0.4, -0.2) is 61.5 Å². The number of hydrogen-bond acceptors (Lipinski definition) is 7. The monoisotopic (exact) mass is 398 g/mol. The highest BCUT2D eigenvalue weighted by Crippen LogP contribution is 2.43. The minimum Gasteiger partial charge on any atom is -0.485 e. The van der Waals surface area contributed by atoms with Gasteiger partial charge < -0.3 is 30.0 Å². The number of β-amino-alcohol motifs (C(OH)–C–C–N with tert-alkyl or cyclic N) is 1. The zero-order valence-corrected chi connectivity index (χ0v) is 16.3. The fraction of sp³-hybridized carbons (Fsp3) is 0.632. The van der Waals surface area contributed by atoms with Crippen LogP contribution in [0.3, 0.4) is 0 Å². The molecule has 0 saturated carbocycles. The molecule has 7 nitrogen and oxygen atoms in total. The summed E-state index contributed by atoms with van der Waals surface area (Å²) in [7, 11) is 0. The van der Waals surface area contributed by atoms with Crippen molar-refractivity contribution < 1.29 is 24.1 Å². The molecule has 0 radical (unpaired) electrons. The first-order valence-corrected chi connectivity index (χ1v) is 9.84. The summed E-state index contributed by atoms with van der Waals surface area (Å²) in [6, 6.07) is 1.44. The highest BCUT2D eigenvalue weighted by molar-refractivity contribution is 6.34. The van der Waals surface area contributed by atoms with Crippen molar-refractivity contribution >= 4 is 23.3 Å². The summed E-state index contributed by atoms with van der Waals surface area (Å²) in [5.74, 6) is -0.0867. The van der Waals surface area contributed by atoms with Crippen molar-refractivity contribution in [2.24, 2.45) is 5.92 Å². The first-order chi connectivity index (χ1) is 13.0. The number of aliphatic hydroxyl groups is 1. The van der Waals surface area contributed by atoms with Crippen LogP contribution in [0.4, 0.5) is 5.69 Å². The largest absolute Gasteiger partial charge is 0.485 e. The van der Waals surface area contributed by atoms with Crippen LogP contribution < -0.4 is 15.2 Å². The van der Waals surface area contributed by atoms with Gasteiger partial charge in [-0.3, -0.25) is 0 Å². The molecule has 0 amide bonds. The van der Waals surface area contributed by atoms with Gasteiger partial charge in [-0.05, 0) is 32.0 Å². The molecule has 0 aliphatic carbocycles. The Morgan fingerprint density at radius 1 is 1.41 bits per heavy atom. The Hall–Kier alpha value is -1.70. The molecule has 0 aromatic heterocycles. The van der Waals surface area contributed by atoms with Crippen LogP contribution in [0.2, 0.25) is 5.02 Å². The lowest BCUT2D eigenvalue weighted by molar-refractivity contribution is -0.0149. The normalized spacial score (nSPS) is 22.5. The summed E-state index contributed by atoms with van der Waals surface area (Å²) in [4.78, 5) is 14.8. The lowest BCUT2D eigenvalue weighted by atomic mass is 9.94. The minimum absolute atomic E-state index is 0.0796. The number of carbonyl (C=O) groups excluding carboxylic acids is 1. The Labute approximate surface area is 164 Å². The Kier molecular flexibility index (Phi) is 6.68. The van der Waals surface area contributed by atoms with E-state index in [0.29, 0.717) is 19.8 Å². The van der Waals surface area contributed by atoms with Gasteiger partial charge in [0.05, 0.1) is 23.4 Å². The third-order valence-electron chi connectivity index (χ3n) is 5.08. The van der Waals surface area contributed by atoms with Gasteiger partial charge >= 0.3 is 5.97 Å². The molecule has 1 fully saturated rings. The topological polar surface area (TPSA) is 94.3 Å². The average Bonchev–Trinajstić information content (AvgIpc) is 2.68. The molecule has 3 rings (SSSR count). The molecular weight excluding hydrogens is 372 g/mol. The fourth-order valence-electron chi connectivity index (χ4n) is 3.43. The van der Waals surface area contributed by atoms with Gasteiger partial charge in [0.1, 0.15) is 18.8 Å². The minimum atomic E-state index is -0.556. The van der Waals surface area contributed by atoms with E-state index in [4.69, 9.17) is 31.5 Å². The van der Waals surface area contributed by atoms with Gasteiger partial charge in [0.25, 0.3) is 0 Å². The average molecular weight is 399 g/mol. The summed E-state index contributed by atoms with van der Waals surface area (Å²) >= 11 is 6.11. The van der Waals surface area contributed by atoms with Crippen LogP contribution in [0.15, 0.2) is 6.07 Å². The Morgan fingerprint density at radius 2 is 2.15 bits per heavy atom. The second kappa shape index (κ2) is 8.99. The van der Waals surface area contributed by atoms with Gasteiger partial charge in [-0.2, -0.15) is 0 Å². The van der Waals surface area contributed by atoms with Gasteiger partial charge in [-0.25, -0.2) is 4.79 Å². The Bertz CT molecular complexity index is 685. The number of likely N-dealkylation sites (tertiary alicyclic amines) is 1. The molecule has 2 aliphatic heterocycles. The molecule has 0 spiro atoms. The zero-order valence-electron chi connectivity index (χ0n) is 15.6. The standard InChI is InChI=1S/C19H27ClN2O5/c1-2-3-5-22-6-4-12(15(23)10-22)11-27-19(24)13-9-14(20)16(21)18-17(13)25-7-8-26-18/h9,12,15,23H,2-8,10-11,21H2,1H3/t12-,15+/m0/s1. The number of piperidine rings is 1. The maximum Gasteiger partial charge on any atom is 0.342 e. The SMILES string of the molecule is CCCCN1CC[C@@H](COC(=O)c2cc(Cl)c(N)c3c2OCCO3)[C@H](O)C1. The van der Waals surface area contributed by atoms with Crippen molar-refractivity contribution in [2.75, 3.05) is 45.2 Å². The summed E-state index contributed by atoms with van der Waals surface area (Å²) in [6.07, 6.45) is 2.54. The summed E-state index contributed by atoms with van der Waals surface area (Å²) in [6.45, 7) is 5.48. The van der Waals surface area contributed by atoms with Crippen molar-refractivity contribution in [3.05, 3.63) is 16.7 Å². The zero-order chi connectivity index (χ0) is 19.4. The van der Waals surface area contributed by atoms with Crippen LogP contribution in [0, 0.1) is 5.92 Å². The number of nitrogens with two attached hydrogens (primary N) is 1. The molecular formula is C19H27ClN2O5. The first-order valence-electron chi connectivity index (χ1n) is 9.46. The van der Waals surface area contributed by atoms with Crippen molar-refractivity contribution in [3.8, 4) is 11.5 Å². The number of fused-ring (bicyclic) bond motifs is 1. The Morgan fingerprint density at radius 3 is 2.85 bits per heavy atom. The van der Waals surface area contributed by atoms with Gasteiger partial charge in [-0.1, -0.05) is 24.9 Å². The number of hydrogen-bond donors (Lipinski definition) is 2. The molecule has 2 atom stereocenters. The van der Waals surface area contributed by atoms with Crippen molar-refractivity contribution in [3.63, 3.8) is 0 Å². The number of nitrogen functional groups attached to an aromatic ring is 1. The third kappa shape index (κ3) is 4.59. The lowest BCUT2D eigenvalue weighted by Gasteiger charge is -2.35. The molecule has 1 aromatic carbocycles. The summed E-state index contributed by atoms with van der Waals surface area (Å²) in [5, 5.41) is 10.6. The number of esters is 1.